The lowest BCUT2D eigenvalue weighted by atomic mass is 9.77. The molecule has 6 nitrogen and oxygen atoms in total. The number of hydrogen-bond acceptors (Lipinski definition) is 4. The van der Waals surface area contributed by atoms with Crippen molar-refractivity contribution in [3.05, 3.63) is 107 Å². The number of nitrogens with zero attached hydrogens (tertiary/aromatic N) is 3. The lowest BCUT2D eigenvalue weighted by Gasteiger charge is -2.32. The molecule has 3 aliphatic rings. The minimum Gasteiger partial charge on any atom is -0.271 e. The molecule has 1 saturated carbocycles. The number of halogens is 1. The van der Waals surface area contributed by atoms with E-state index in [-0.39, 0.29) is 22.8 Å². The van der Waals surface area contributed by atoms with Gasteiger partial charge in [0.25, 0.3) is 5.91 Å². The van der Waals surface area contributed by atoms with Crippen LogP contribution in [0, 0.1) is 5.92 Å². The SMILES string of the molecule is O=C(C1CCCN1S(=O)(=O)c1ccc(Cl)cc1)N1N=C2/C(=C/c3ccccc3)CCCC2C1c1ccccc1. The maximum Gasteiger partial charge on any atom is 0.261 e. The summed E-state index contributed by atoms with van der Waals surface area (Å²) in [5, 5.41) is 7.04. The fourth-order valence-electron chi connectivity index (χ4n) is 6.09. The first-order chi connectivity index (χ1) is 18.9. The first-order valence-corrected chi connectivity index (χ1v) is 15.3. The zero-order valence-corrected chi connectivity index (χ0v) is 23.1. The van der Waals surface area contributed by atoms with E-state index < -0.39 is 16.1 Å². The Balaban J connectivity index is 1.38. The van der Waals surface area contributed by atoms with Gasteiger partial charge in [-0.1, -0.05) is 72.3 Å². The minimum atomic E-state index is -3.87. The summed E-state index contributed by atoms with van der Waals surface area (Å²) >= 11 is 6.00. The Morgan fingerprint density at radius 2 is 1.59 bits per heavy atom. The highest BCUT2D eigenvalue weighted by atomic mass is 35.5. The van der Waals surface area contributed by atoms with Crippen LogP contribution in [0.25, 0.3) is 6.08 Å². The summed E-state index contributed by atoms with van der Waals surface area (Å²) in [5.74, 6) is -0.206. The largest absolute Gasteiger partial charge is 0.271 e. The molecule has 3 aromatic rings. The van der Waals surface area contributed by atoms with Crippen molar-refractivity contribution < 1.29 is 13.2 Å². The maximum absolute atomic E-state index is 14.3. The van der Waals surface area contributed by atoms with Gasteiger partial charge in [-0.15, -0.1) is 0 Å². The molecule has 6 rings (SSSR count). The number of sulfonamides is 1. The number of hydrogen-bond donors (Lipinski definition) is 0. The second-order valence-corrected chi connectivity index (χ2v) is 12.7. The van der Waals surface area contributed by atoms with E-state index >= 15 is 0 Å². The van der Waals surface area contributed by atoms with E-state index in [1.165, 1.54) is 16.4 Å². The number of rotatable bonds is 5. The van der Waals surface area contributed by atoms with E-state index in [0.29, 0.717) is 24.4 Å². The highest BCUT2D eigenvalue weighted by Gasteiger charge is 2.48. The first kappa shape index (κ1) is 26.0. The summed E-state index contributed by atoms with van der Waals surface area (Å²) in [6, 6.07) is 25.2. The van der Waals surface area contributed by atoms with Crippen molar-refractivity contribution in [2.24, 2.45) is 11.0 Å². The van der Waals surface area contributed by atoms with E-state index in [0.717, 1.165) is 41.7 Å². The molecule has 1 amide bonds. The lowest BCUT2D eigenvalue weighted by molar-refractivity contribution is -0.137. The summed E-state index contributed by atoms with van der Waals surface area (Å²) in [4.78, 5) is 14.4. The highest BCUT2D eigenvalue weighted by molar-refractivity contribution is 7.89. The molecule has 0 radical (unpaired) electrons. The third kappa shape index (κ3) is 4.95. The molecule has 1 saturated heterocycles. The number of benzene rings is 3. The van der Waals surface area contributed by atoms with Crippen molar-refractivity contribution in [2.75, 3.05) is 6.54 Å². The third-order valence-electron chi connectivity index (χ3n) is 7.92. The van der Waals surface area contributed by atoms with E-state index in [4.69, 9.17) is 16.7 Å². The number of allylic oxidation sites excluding steroid dienone is 1. The molecule has 2 heterocycles. The van der Waals surface area contributed by atoms with Crippen molar-refractivity contribution in [1.82, 2.24) is 9.31 Å². The molecule has 8 heteroatoms. The monoisotopic (exact) mass is 559 g/mol. The van der Waals surface area contributed by atoms with Gasteiger partial charge in [0.05, 0.1) is 16.6 Å². The minimum absolute atomic E-state index is 0.0581. The Bertz CT molecular complexity index is 1520. The molecular weight excluding hydrogens is 530 g/mol. The van der Waals surface area contributed by atoms with Gasteiger partial charge in [0.15, 0.2) is 0 Å². The Labute approximate surface area is 234 Å². The van der Waals surface area contributed by atoms with Gasteiger partial charge < -0.3 is 0 Å². The van der Waals surface area contributed by atoms with Crippen LogP contribution in [0.2, 0.25) is 5.02 Å². The van der Waals surface area contributed by atoms with Gasteiger partial charge in [-0.25, -0.2) is 13.4 Å². The number of carbonyl (C=O) groups is 1. The molecule has 200 valence electrons. The molecule has 3 atom stereocenters. The normalized spacial score (nSPS) is 24.5. The molecule has 3 unspecified atom stereocenters. The lowest BCUT2D eigenvalue weighted by Crippen LogP contribution is -2.46. The fraction of sp³-hybridized carbons (Fsp3) is 0.290. The second kappa shape index (κ2) is 10.7. The standard InChI is InChI=1S/C31H30ClN3O3S/c32-25-16-18-26(19-17-25)39(37,38)34-20-8-15-28(34)31(36)35-30(23-11-5-2-6-12-23)27-14-7-13-24(29(27)33-35)21-22-9-3-1-4-10-22/h1-6,9-12,16-19,21,27-28,30H,7-8,13-15,20H2/b24-21+. The van der Waals surface area contributed by atoms with Gasteiger partial charge >= 0.3 is 0 Å². The van der Waals surface area contributed by atoms with Gasteiger partial charge in [0.2, 0.25) is 10.0 Å². The Kier molecular flexibility index (Phi) is 7.14. The van der Waals surface area contributed by atoms with E-state index in [1.54, 1.807) is 17.1 Å². The molecule has 0 spiro atoms. The number of amides is 1. The summed E-state index contributed by atoms with van der Waals surface area (Å²) in [7, 11) is -3.87. The molecule has 0 bridgehead atoms. The van der Waals surface area contributed by atoms with Crippen LogP contribution in [0.3, 0.4) is 0 Å². The number of carbonyl (C=O) groups excluding carboxylic acids is 1. The van der Waals surface area contributed by atoms with Crippen LogP contribution in [0.1, 0.15) is 49.3 Å². The van der Waals surface area contributed by atoms with Crippen LogP contribution in [0.4, 0.5) is 0 Å². The third-order valence-corrected chi connectivity index (χ3v) is 10.1. The van der Waals surface area contributed by atoms with E-state index in [2.05, 4.69) is 18.2 Å². The zero-order valence-electron chi connectivity index (χ0n) is 21.5. The van der Waals surface area contributed by atoms with Crippen LogP contribution in [0.15, 0.2) is 100 Å². The molecule has 0 N–H and O–H groups in total. The topological polar surface area (TPSA) is 70.1 Å². The highest BCUT2D eigenvalue weighted by Crippen LogP contribution is 2.45. The average Bonchev–Trinajstić information content (AvgIpc) is 3.61. The van der Waals surface area contributed by atoms with Crippen LogP contribution >= 0.6 is 11.6 Å². The van der Waals surface area contributed by atoms with Gasteiger partial charge in [0, 0.05) is 17.5 Å². The van der Waals surface area contributed by atoms with Crippen LogP contribution in [0.5, 0.6) is 0 Å². The summed E-state index contributed by atoms with van der Waals surface area (Å²) in [5.41, 5.74) is 4.21. The zero-order chi connectivity index (χ0) is 27.0. The number of fused-ring (bicyclic) bond motifs is 1. The van der Waals surface area contributed by atoms with Crippen LogP contribution in [-0.2, 0) is 14.8 Å². The first-order valence-electron chi connectivity index (χ1n) is 13.4. The van der Waals surface area contributed by atoms with E-state index in [9.17, 15) is 13.2 Å². The smallest absolute Gasteiger partial charge is 0.261 e. The van der Waals surface area contributed by atoms with Crippen LogP contribution in [-0.4, -0.2) is 41.9 Å². The Morgan fingerprint density at radius 3 is 2.31 bits per heavy atom. The molecule has 2 aliphatic heterocycles. The summed E-state index contributed by atoms with van der Waals surface area (Å²) in [6.07, 6.45) is 6.08. The summed E-state index contributed by atoms with van der Waals surface area (Å²) < 4.78 is 28.6. The number of hydrazone groups is 1. The molecule has 0 aromatic heterocycles. The van der Waals surface area contributed by atoms with Crippen molar-refractivity contribution in [3.8, 4) is 0 Å². The van der Waals surface area contributed by atoms with Crippen LogP contribution < -0.4 is 0 Å². The van der Waals surface area contributed by atoms with Crippen molar-refractivity contribution >= 4 is 39.3 Å². The maximum atomic E-state index is 14.3. The molecule has 3 aromatic carbocycles. The van der Waals surface area contributed by atoms with E-state index in [1.807, 2.05) is 48.5 Å². The summed E-state index contributed by atoms with van der Waals surface area (Å²) in [6.45, 7) is 0.296. The van der Waals surface area contributed by atoms with Gasteiger partial charge in [-0.2, -0.15) is 9.41 Å². The Hall–Kier alpha value is -3.26. The quantitative estimate of drug-likeness (QED) is 0.367. The van der Waals surface area contributed by atoms with Gasteiger partial charge in [-0.3, -0.25) is 4.79 Å². The fourth-order valence-corrected chi connectivity index (χ4v) is 7.86. The second-order valence-electron chi connectivity index (χ2n) is 10.3. The predicted octanol–water partition coefficient (Wildman–Crippen LogP) is 6.32. The molecular formula is C31H30ClN3O3S. The van der Waals surface area contributed by atoms with Crippen molar-refractivity contribution in [1.29, 1.82) is 0 Å². The molecule has 39 heavy (non-hydrogen) atoms. The van der Waals surface area contributed by atoms with Crippen molar-refractivity contribution in [2.45, 2.75) is 49.1 Å². The predicted molar refractivity (Wildman–Crippen MR) is 154 cm³/mol. The molecule has 2 fully saturated rings. The molecule has 1 aliphatic carbocycles. The van der Waals surface area contributed by atoms with Crippen molar-refractivity contribution in [3.63, 3.8) is 0 Å². The van der Waals surface area contributed by atoms with Gasteiger partial charge in [0.1, 0.15) is 6.04 Å². The average molecular weight is 560 g/mol. The van der Waals surface area contributed by atoms with Gasteiger partial charge in [-0.05, 0) is 79.1 Å². The Morgan fingerprint density at radius 1 is 0.897 bits per heavy atom.